The van der Waals surface area contributed by atoms with Crippen molar-refractivity contribution in [2.75, 3.05) is 12.8 Å². The molecule has 5 heteroatoms. The highest BCUT2D eigenvalue weighted by molar-refractivity contribution is 8.00. The van der Waals surface area contributed by atoms with Crippen LogP contribution in [0.3, 0.4) is 0 Å². The average molecular weight is 280 g/mol. The summed E-state index contributed by atoms with van der Waals surface area (Å²) in [4.78, 5) is 10.2. The monoisotopic (exact) mass is 280 g/mol. The van der Waals surface area contributed by atoms with E-state index in [1.807, 2.05) is 23.9 Å². The summed E-state index contributed by atoms with van der Waals surface area (Å²) in [6, 6.07) is 7.04. The highest BCUT2D eigenvalue weighted by atomic mass is 32.2. The van der Waals surface area contributed by atoms with Gasteiger partial charge in [-0.1, -0.05) is 18.6 Å². The second kappa shape index (κ2) is 5.92. The predicted molar refractivity (Wildman–Crippen MR) is 79.6 cm³/mol. The van der Waals surface area contributed by atoms with Gasteiger partial charge in [-0.2, -0.15) is 11.8 Å². The Morgan fingerprint density at radius 3 is 2.47 bits per heavy atom. The van der Waals surface area contributed by atoms with E-state index < -0.39 is 0 Å². The number of nitrogens with zero attached hydrogens (tertiary/aromatic N) is 1. The molecule has 1 aromatic rings. The predicted octanol–water partition coefficient (Wildman–Crippen LogP) is 3.53. The molecule has 0 heterocycles. The van der Waals surface area contributed by atoms with Crippen LogP contribution in [-0.2, 0) is 0 Å². The fourth-order valence-electron chi connectivity index (χ4n) is 2.37. The molecule has 1 saturated carbocycles. The number of nitro groups is 1. The SMILES string of the molecule is CSC1(CNC(C)c2ccc([N+](=O)[O-])cc2)CCC1. The summed E-state index contributed by atoms with van der Waals surface area (Å²) in [5.74, 6) is 0. The zero-order valence-electron chi connectivity index (χ0n) is 11.4. The molecule has 0 amide bonds. The Labute approximate surface area is 118 Å². The largest absolute Gasteiger partial charge is 0.309 e. The van der Waals surface area contributed by atoms with Crippen molar-refractivity contribution in [3.8, 4) is 0 Å². The van der Waals surface area contributed by atoms with Crippen molar-refractivity contribution in [3.05, 3.63) is 39.9 Å². The topological polar surface area (TPSA) is 55.2 Å². The van der Waals surface area contributed by atoms with Crippen molar-refractivity contribution in [2.45, 2.75) is 37.0 Å². The number of hydrogen-bond acceptors (Lipinski definition) is 4. The standard InChI is InChI=1S/C14H20N2O2S/c1-11(15-10-14(19-2)8-3-9-14)12-4-6-13(7-5-12)16(17)18/h4-7,11,15H,3,8-10H2,1-2H3. The van der Waals surface area contributed by atoms with Gasteiger partial charge in [0.15, 0.2) is 0 Å². The van der Waals surface area contributed by atoms with Gasteiger partial charge < -0.3 is 5.32 Å². The zero-order valence-corrected chi connectivity index (χ0v) is 12.2. The summed E-state index contributed by atoms with van der Waals surface area (Å²) in [7, 11) is 0. The van der Waals surface area contributed by atoms with E-state index in [0.717, 1.165) is 12.1 Å². The summed E-state index contributed by atoms with van der Waals surface area (Å²) in [6.45, 7) is 3.11. The molecule has 0 radical (unpaired) electrons. The lowest BCUT2D eigenvalue weighted by Gasteiger charge is -2.41. The van der Waals surface area contributed by atoms with Crippen LogP contribution < -0.4 is 5.32 Å². The summed E-state index contributed by atoms with van der Waals surface area (Å²) < 4.78 is 0.412. The lowest BCUT2D eigenvalue weighted by molar-refractivity contribution is -0.384. The maximum atomic E-state index is 10.6. The lowest BCUT2D eigenvalue weighted by Crippen LogP contribution is -2.43. The van der Waals surface area contributed by atoms with Crippen LogP contribution in [0.5, 0.6) is 0 Å². The second-order valence-electron chi connectivity index (χ2n) is 5.19. The van der Waals surface area contributed by atoms with E-state index in [4.69, 9.17) is 0 Å². The highest BCUT2D eigenvalue weighted by Gasteiger charge is 2.35. The number of non-ortho nitro benzene ring substituents is 1. The Morgan fingerprint density at radius 2 is 2.05 bits per heavy atom. The van der Waals surface area contributed by atoms with Gasteiger partial charge in [0.1, 0.15) is 0 Å². The Morgan fingerprint density at radius 1 is 1.42 bits per heavy atom. The van der Waals surface area contributed by atoms with Gasteiger partial charge >= 0.3 is 0 Å². The fourth-order valence-corrected chi connectivity index (χ4v) is 3.29. The first-order valence-electron chi connectivity index (χ1n) is 6.59. The van der Waals surface area contributed by atoms with Gasteiger partial charge in [0, 0.05) is 29.5 Å². The first-order valence-corrected chi connectivity index (χ1v) is 7.82. The molecule has 19 heavy (non-hydrogen) atoms. The molecule has 2 rings (SSSR count). The highest BCUT2D eigenvalue weighted by Crippen LogP contribution is 2.42. The molecule has 0 spiro atoms. The third-order valence-electron chi connectivity index (χ3n) is 4.03. The van der Waals surface area contributed by atoms with Gasteiger partial charge in [-0.15, -0.1) is 0 Å². The minimum atomic E-state index is -0.362. The maximum absolute atomic E-state index is 10.6. The van der Waals surface area contributed by atoms with Gasteiger partial charge in [-0.25, -0.2) is 0 Å². The minimum absolute atomic E-state index is 0.149. The number of nitro benzene ring substituents is 1. The molecule has 4 nitrogen and oxygen atoms in total. The van der Waals surface area contributed by atoms with Crippen molar-refractivity contribution in [1.82, 2.24) is 5.32 Å². The number of thioether (sulfide) groups is 1. The first-order chi connectivity index (χ1) is 9.06. The molecule has 0 aliphatic heterocycles. The third kappa shape index (κ3) is 3.28. The van der Waals surface area contributed by atoms with E-state index in [1.165, 1.54) is 19.3 Å². The Balaban J connectivity index is 1.92. The summed E-state index contributed by atoms with van der Waals surface area (Å²) in [5.41, 5.74) is 1.25. The molecule has 1 aromatic carbocycles. The molecule has 1 aliphatic rings. The minimum Gasteiger partial charge on any atom is -0.309 e. The molecule has 1 fully saturated rings. The van der Waals surface area contributed by atoms with E-state index in [-0.39, 0.29) is 16.7 Å². The summed E-state index contributed by atoms with van der Waals surface area (Å²) in [6.07, 6.45) is 6.08. The van der Waals surface area contributed by atoms with Crippen molar-refractivity contribution >= 4 is 17.4 Å². The Bertz CT molecular complexity index is 438. The average Bonchev–Trinajstić information content (AvgIpc) is 2.38. The van der Waals surface area contributed by atoms with Crippen LogP contribution in [0.4, 0.5) is 5.69 Å². The van der Waals surface area contributed by atoms with Crippen LogP contribution >= 0.6 is 11.8 Å². The van der Waals surface area contributed by atoms with E-state index in [9.17, 15) is 10.1 Å². The molecule has 1 unspecified atom stereocenters. The molecule has 0 aromatic heterocycles. The third-order valence-corrected chi connectivity index (χ3v) is 5.45. The smallest absolute Gasteiger partial charge is 0.269 e. The fraction of sp³-hybridized carbons (Fsp3) is 0.571. The van der Waals surface area contributed by atoms with Crippen LogP contribution in [0.15, 0.2) is 24.3 Å². The van der Waals surface area contributed by atoms with E-state index >= 15 is 0 Å². The normalized spacial score (nSPS) is 18.6. The van der Waals surface area contributed by atoms with E-state index in [1.54, 1.807) is 12.1 Å². The molecular formula is C14H20N2O2S. The lowest BCUT2D eigenvalue weighted by atomic mass is 9.84. The first kappa shape index (κ1) is 14.3. The Hall–Kier alpha value is -1.07. The van der Waals surface area contributed by atoms with Gasteiger partial charge in [0.05, 0.1) is 4.92 Å². The quantitative estimate of drug-likeness (QED) is 0.639. The summed E-state index contributed by atoms with van der Waals surface area (Å²) >= 11 is 1.95. The summed E-state index contributed by atoms with van der Waals surface area (Å²) in [5, 5.41) is 14.2. The molecule has 0 bridgehead atoms. The van der Waals surface area contributed by atoms with Crippen LogP contribution in [0.1, 0.15) is 37.8 Å². The molecule has 1 N–H and O–H groups in total. The van der Waals surface area contributed by atoms with Gasteiger partial charge in [0.25, 0.3) is 5.69 Å². The van der Waals surface area contributed by atoms with Gasteiger partial charge in [-0.05, 0) is 31.6 Å². The van der Waals surface area contributed by atoms with Crippen molar-refractivity contribution < 1.29 is 4.92 Å². The molecule has 1 atom stereocenters. The van der Waals surface area contributed by atoms with Crippen molar-refractivity contribution in [1.29, 1.82) is 0 Å². The van der Waals surface area contributed by atoms with Crippen LogP contribution in [0, 0.1) is 10.1 Å². The molecule has 104 valence electrons. The number of nitrogens with one attached hydrogen (secondary N) is 1. The van der Waals surface area contributed by atoms with E-state index in [2.05, 4.69) is 18.5 Å². The van der Waals surface area contributed by atoms with Crippen molar-refractivity contribution in [3.63, 3.8) is 0 Å². The van der Waals surface area contributed by atoms with Gasteiger partial charge in [0.2, 0.25) is 0 Å². The van der Waals surface area contributed by atoms with E-state index in [0.29, 0.717) is 4.75 Å². The zero-order chi connectivity index (χ0) is 13.9. The Kier molecular flexibility index (Phi) is 4.47. The van der Waals surface area contributed by atoms with Crippen LogP contribution in [0.25, 0.3) is 0 Å². The number of rotatable bonds is 6. The maximum Gasteiger partial charge on any atom is 0.269 e. The molecule has 1 aliphatic carbocycles. The number of benzene rings is 1. The van der Waals surface area contributed by atoms with Gasteiger partial charge in [-0.3, -0.25) is 10.1 Å². The van der Waals surface area contributed by atoms with Crippen molar-refractivity contribution in [2.24, 2.45) is 0 Å². The van der Waals surface area contributed by atoms with Crippen LogP contribution in [-0.4, -0.2) is 22.5 Å². The molecule has 0 saturated heterocycles. The number of hydrogen-bond donors (Lipinski definition) is 1. The van der Waals surface area contributed by atoms with Crippen LogP contribution in [0.2, 0.25) is 0 Å². The molecular weight excluding hydrogens is 260 g/mol. The second-order valence-corrected chi connectivity index (χ2v) is 6.47.